The number of hydrogen-bond donors (Lipinski definition) is 0. The van der Waals surface area contributed by atoms with E-state index in [2.05, 4.69) is 11.1 Å². The molecule has 2 atom stereocenters. The zero-order valence-corrected chi connectivity index (χ0v) is 14.0. The van der Waals surface area contributed by atoms with Crippen LogP contribution < -0.4 is 4.90 Å². The zero-order chi connectivity index (χ0) is 16.2. The Morgan fingerprint density at radius 2 is 2.04 bits per heavy atom. The van der Waals surface area contributed by atoms with Crippen molar-refractivity contribution in [3.05, 3.63) is 24.0 Å². The molecule has 1 aromatic heterocycles. The third-order valence-corrected chi connectivity index (χ3v) is 6.43. The van der Waals surface area contributed by atoms with Crippen LogP contribution in [-0.4, -0.2) is 22.8 Å². The highest BCUT2D eigenvalue weighted by molar-refractivity contribution is 6.24. The first-order valence-electron chi connectivity index (χ1n) is 8.25. The van der Waals surface area contributed by atoms with Gasteiger partial charge >= 0.3 is 0 Å². The van der Waals surface area contributed by atoms with Gasteiger partial charge in [0.15, 0.2) is 0 Å². The van der Waals surface area contributed by atoms with Crippen LogP contribution in [0.2, 0.25) is 0 Å². The van der Waals surface area contributed by atoms with Gasteiger partial charge in [0.25, 0.3) is 0 Å². The van der Waals surface area contributed by atoms with E-state index in [0.29, 0.717) is 23.1 Å². The van der Waals surface area contributed by atoms with Gasteiger partial charge in [-0.3, -0.25) is 9.78 Å². The molecule has 0 aliphatic heterocycles. The van der Waals surface area contributed by atoms with E-state index in [4.69, 9.17) is 16.9 Å². The summed E-state index contributed by atoms with van der Waals surface area (Å²) in [6, 6.07) is 3.81. The van der Waals surface area contributed by atoms with Crippen LogP contribution in [0.25, 0.3) is 0 Å². The predicted molar refractivity (Wildman–Crippen MR) is 88.1 cm³/mol. The molecular formula is C18H20ClN3O. The third-order valence-electron chi connectivity index (χ3n) is 5.99. The fourth-order valence-electron chi connectivity index (χ4n) is 5.55. The molecule has 2 unspecified atom stereocenters. The molecule has 1 aromatic rings. The Balaban J connectivity index is 1.65. The van der Waals surface area contributed by atoms with Crippen molar-refractivity contribution in [2.75, 3.05) is 11.9 Å². The van der Waals surface area contributed by atoms with Gasteiger partial charge in [0.1, 0.15) is 6.07 Å². The highest BCUT2D eigenvalue weighted by atomic mass is 35.5. The molecule has 4 saturated carbocycles. The monoisotopic (exact) mass is 329 g/mol. The molecule has 4 aliphatic carbocycles. The summed E-state index contributed by atoms with van der Waals surface area (Å²) in [5.41, 5.74) is 0.846. The molecular weight excluding hydrogens is 310 g/mol. The summed E-state index contributed by atoms with van der Waals surface area (Å²) in [5.74, 6) is 1.33. The summed E-state index contributed by atoms with van der Waals surface area (Å²) in [7, 11) is 1.79. The molecule has 23 heavy (non-hydrogen) atoms. The van der Waals surface area contributed by atoms with Gasteiger partial charge in [-0.25, -0.2) is 0 Å². The molecule has 4 bridgehead atoms. The highest BCUT2D eigenvalue weighted by Gasteiger charge is 2.60. The molecule has 120 valence electrons. The smallest absolute Gasteiger partial charge is 0.233 e. The lowest BCUT2D eigenvalue weighted by Gasteiger charge is -2.59. The van der Waals surface area contributed by atoms with Gasteiger partial charge in [-0.1, -0.05) is 0 Å². The summed E-state index contributed by atoms with van der Waals surface area (Å²) in [6.07, 6.45) is 9.25. The van der Waals surface area contributed by atoms with Gasteiger partial charge in [0.05, 0.1) is 22.9 Å². The van der Waals surface area contributed by atoms with Crippen molar-refractivity contribution in [1.82, 2.24) is 4.98 Å². The minimum Gasteiger partial charge on any atom is -0.313 e. The molecule has 0 N–H and O–H groups in total. The van der Waals surface area contributed by atoms with Crippen molar-refractivity contribution in [3.8, 4) is 6.07 Å². The first kappa shape index (κ1) is 15.0. The summed E-state index contributed by atoms with van der Waals surface area (Å²) >= 11 is 6.84. The number of alkyl halides is 1. The number of hydrogen-bond acceptors (Lipinski definition) is 3. The standard InChI is InChI=1S/C18H20ClN3O/c1-22(15-3-14(8-20)9-21-10-15)16(23)17-4-12-2-13(5-17)7-18(19,6-12)11-17/h3,9-10,12-13H,2,4-7,11H2,1H3. The molecule has 4 fully saturated rings. The van der Waals surface area contributed by atoms with Crippen molar-refractivity contribution >= 4 is 23.2 Å². The number of carbonyl (C=O) groups excluding carboxylic acids is 1. The lowest BCUT2D eigenvalue weighted by atomic mass is 9.49. The number of halogens is 1. The molecule has 5 heteroatoms. The molecule has 1 heterocycles. The summed E-state index contributed by atoms with van der Waals surface area (Å²) < 4.78 is 0. The first-order chi connectivity index (χ1) is 10.9. The third kappa shape index (κ3) is 2.33. The maximum atomic E-state index is 13.3. The van der Waals surface area contributed by atoms with Gasteiger partial charge in [-0.05, 0) is 56.4 Å². The maximum absolute atomic E-state index is 13.3. The second-order valence-electron chi connectivity index (χ2n) is 7.80. The Morgan fingerprint density at radius 3 is 2.65 bits per heavy atom. The van der Waals surface area contributed by atoms with Crippen molar-refractivity contribution in [2.24, 2.45) is 17.3 Å². The van der Waals surface area contributed by atoms with E-state index in [9.17, 15) is 4.79 Å². The Morgan fingerprint density at radius 1 is 1.35 bits per heavy atom. The van der Waals surface area contributed by atoms with Gasteiger partial charge in [-0.2, -0.15) is 5.26 Å². The minimum absolute atomic E-state index is 0.147. The fourth-order valence-corrected chi connectivity index (χ4v) is 6.24. The average molecular weight is 330 g/mol. The quantitative estimate of drug-likeness (QED) is 0.780. The fraction of sp³-hybridized carbons (Fsp3) is 0.611. The Labute approximate surface area is 141 Å². The molecule has 4 nitrogen and oxygen atoms in total. The van der Waals surface area contributed by atoms with E-state index in [-0.39, 0.29) is 16.2 Å². The average Bonchev–Trinajstić information content (AvgIpc) is 2.51. The van der Waals surface area contributed by atoms with Crippen LogP contribution in [0.4, 0.5) is 5.69 Å². The number of amides is 1. The van der Waals surface area contributed by atoms with E-state index in [1.807, 2.05) is 0 Å². The normalized spacial score (nSPS) is 37.4. The zero-order valence-electron chi connectivity index (χ0n) is 13.3. The summed E-state index contributed by atoms with van der Waals surface area (Å²) in [4.78, 5) is 18.9. The van der Waals surface area contributed by atoms with Gasteiger partial charge < -0.3 is 4.90 Å². The number of aromatic nitrogens is 1. The number of carbonyl (C=O) groups is 1. The van der Waals surface area contributed by atoms with Crippen LogP contribution in [0.3, 0.4) is 0 Å². The van der Waals surface area contributed by atoms with E-state index in [1.54, 1.807) is 24.2 Å². The van der Waals surface area contributed by atoms with E-state index >= 15 is 0 Å². The summed E-state index contributed by atoms with van der Waals surface area (Å²) in [5, 5.41) is 9.04. The Kier molecular flexibility index (Phi) is 3.22. The second-order valence-corrected chi connectivity index (χ2v) is 8.60. The summed E-state index contributed by atoms with van der Waals surface area (Å²) in [6.45, 7) is 0. The number of nitrogens with zero attached hydrogens (tertiary/aromatic N) is 3. The largest absolute Gasteiger partial charge is 0.313 e. The second kappa shape index (κ2) is 4.95. The molecule has 5 rings (SSSR count). The van der Waals surface area contributed by atoms with E-state index in [0.717, 1.165) is 32.1 Å². The van der Waals surface area contributed by atoms with Crippen molar-refractivity contribution < 1.29 is 4.79 Å². The van der Waals surface area contributed by atoms with Crippen LogP contribution in [0, 0.1) is 28.6 Å². The minimum atomic E-state index is -0.316. The molecule has 0 spiro atoms. The Hall–Kier alpha value is -1.60. The number of anilines is 1. The lowest BCUT2D eigenvalue weighted by Crippen LogP contribution is -2.58. The number of nitriles is 1. The van der Waals surface area contributed by atoms with Crippen LogP contribution in [0.1, 0.15) is 44.1 Å². The van der Waals surface area contributed by atoms with Crippen molar-refractivity contribution in [3.63, 3.8) is 0 Å². The molecule has 0 saturated heterocycles. The van der Waals surface area contributed by atoms with Crippen molar-refractivity contribution in [2.45, 2.75) is 43.4 Å². The van der Waals surface area contributed by atoms with Gasteiger partial charge in [0.2, 0.25) is 5.91 Å². The van der Waals surface area contributed by atoms with E-state index < -0.39 is 0 Å². The van der Waals surface area contributed by atoms with Gasteiger partial charge in [-0.15, -0.1) is 11.6 Å². The highest BCUT2D eigenvalue weighted by Crippen LogP contribution is 2.64. The van der Waals surface area contributed by atoms with Crippen LogP contribution >= 0.6 is 11.6 Å². The van der Waals surface area contributed by atoms with Crippen molar-refractivity contribution in [1.29, 1.82) is 5.26 Å². The van der Waals surface area contributed by atoms with Crippen LogP contribution in [-0.2, 0) is 4.79 Å². The SMILES string of the molecule is CN(C(=O)C12CC3CC(CC(Cl)(C3)C1)C2)c1cncc(C#N)c1. The van der Waals surface area contributed by atoms with Crippen LogP contribution in [0.15, 0.2) is 18.5 Å². The topological polar surface area (TPSA) is 57.0 Å². The van der Waals surface area contributed by atoms with Crippen LogP contribution in [0.5, 0.6) is 0 Å². The molecule has 4 aliphatic rings. The molecule has 0 radical (unpaired) electrons. The molecule has 0 aromatic carbocycles. The number of pyridine rings is 1. The Bertz CT molecular complexity index is 696. The predicted octanol–water partition coefficient (Wildman–Crippen LogP) is 3.49. The molecule has 1 amide bonds. The number of rotatable bonds is 2. The maximum Gasteiger partial charge on any atom is 0.233 e. The first-order valence-corrected chi connectivity index (χ1v) is 8.63. The van der Waals surface area contributed by atoms with Gasteiger partial charge in [0, 0.05) is 18.1 Å². The lowest BCUT2D eigenvalue weighted by molar-refractivity contribution is -0.141. The van der Waals surface area contributed by atoms with E-state index in [1.165, 1.54) is 12.6 Å².